The molecule has 1 atom stereocenters. The van der Waals surface area contributed by atoms with Crippen LogP contribution in [0.15, 0.2) is 29.2 Å². The Morgan fingerprint density at radius 3 is 2.83 bits per heavy atom. The van der Waals surface area contributed by atoms with Gasteiger partial charge in [-0.3, -0.25) is 9.59 Å². The van der Waals surface area contributed by atoms with Gasteiger partial charge in [-0.05, 0) is 19.4 Å². The molecule has 1 N–H and O–H groups in total. The van der Waals surface area contributed by atoms with E-state index in [-0.39, 0.29) is 11.5 Å². The predicted molar refractivity (Wildman–Crippen MR) is 69.3 cm³/mol. The summed E-state index contributed by atoms with van der Waals surface area (Å²) in [7, 11) is 1.71. The Kier molecular flexibility index (Phi) is 5.58. The van der Waals surface area contributed by atoms with Crippen molar-refractivity contribution in [3.63, 3.8) is 0 Å². The first kappa shape index (κ1) is 14.4. The van der Waals surface area contributed by atoms with E-state index in [1.807, 2.05) is 0 Å². The molecule has 1 heterocycles. The van der Waals surface area contributed by atoms with Gasteiger partial charge in [0, 0.05) is 38.8 Å². The van der Waals surface area contributed by atoms with Crippen LogP contribution in [0.4, 0.5) is 0 Å². The normalized spacial score (nSPS) is 12.2. The van der Waals surface area contributed by atoms with Crippen molar-refractivity contribution in [1.82, 2.24) is 9.47 Å². The van der Waals surface area contributed by atoms with Gasteiger partial charge in [-0.15, -0.1) is 0 Å². The van der Waals surface area contributed by atoms with Crippen molar-refractivity contribution in [3.05, 3.63) is 34.7 Å². The molecular formula is C13H20N2O3. The average Bonchev–Trinajstić information content (AvgIpc) is 2.34. The zero-order valence-electron chi connectivity index (χ0n) is 10.9. The molecule has 1 aromatic rings. The molecule has 0 aliphatic heterocycles. The Labute approximate surface area is 107 Å². The van der Waals surface area contributed by atoms with E-state index in [0.29, 0.717) is 25.9 Å². The first-order valence-corrected chi connectivity index (χ1v) is 6.08. The second kappa shape index (κ2) is 6.96. The summed E-state index contributed by atoms with van der Waals surface area (Å²) in [5.74, 6) is -0.0218. The van der Waals surface area contributed by atoms with Gasteiger partial charge in [0.05, 0.1) is 6.10 Å². The largest absolute Gasteiger partial charge is 0.393 e. The summed E-state index contributed by atoms with van der Waals surface area (Å²) in [6, 6.07) is 4.92. The molecule has 0 spiro atoms. The number of aryl methyl sites for hydroxylation is 1. The molecule has 5 nitrogen and oxygen atoms in total. The molecule has 18 heavy (non-hydrogen) atoms. The number of aliphatic hydroxyl groups is 1. The molecule has 0 aromatic carbocycles. The van der Waals surface area contributed by atoms with Crippen molar-refractivity contribution < 1.29 is 9.90 Å². The van der Waals surface area contributed by atoms with Gasteiger partial charge in [0.2, 0.25) is 5.91 Å². The smallest absolute Gasteiger partial charge is 0.250 e. The molecule has 1 unspecified atom stereocenters. The van der Waals surface area contributed by atoms with Crippen LogP contribution in [0, 0.1) is 0 Å². The van der Waals surface area contributed by atoms with Crippen LogP contribution < -0.4 is 5.56 Å². The molecule has 0 aliphatic carbocycles. The van der Waals surface area contributed by atoms with Crippen molar-refractivity contribution in [2.24, 2.45) is 0 Å². The van der Waals surface area contributed by atoms with E-state index in [0.717, 1.165) is 0 Å². The topological polar surface area (TPSA) is 62.5 Å². The SMILES string of the molecule is CC(O)CCN(C)C(=O)CCn1ccccc1=O. The summed E-state index contributed by atoms with van der Waals surface area (Å²) >= 11 is 0. The third-order valence-corrected chi connectivity index (χ3v) is 2.77. The summed E-state index contributed by atoms with van der Waals surface area (Å²) < 4.78 is 1.51. The Balaban J connectivity index is 2.41. The van der Waals surface area contributed by atoms with Crippen molar-refractivity contribution in [1.29, 1.82) is 0 Å². The maximum atomic E-state index is 11.8. The van der Waals surface area contributed by atoms with Gasteiger partial charge in [0.1, 0.15) is 0 Å². The first-order chi connectivity index (χ1) is 8.50. The Bertz CT molecular complexity index is 440. The lowest BCUT2D eigenvalue weighted by molar-refractivity contribution is -0.130. The van der Waals surface area contributed by atoms with Crippen LogP contribution in [0.1, 0.15) is 19.8 Å². The van der Waals surface area contributed by atoms with E-state index in [9.17, 15) is 9.59 Å². The van der Waals surface area contributed by atoms with E-state index < -0.39 is 6.10 Å². The zero-order chi connectivity index (χ0) is 13.5. The lowest BCUT2D eigenvalue weighted by Gasteiger charge is -2.18. The lowest BCUT2D eigenvalue weighted by atomic mass is 10.2. The van der Waals surface area contributed by atoms with Crippen molar-refractivity contribution >= 4 is 5.91 Å². The van der Waals surface area contributed by atoms with Crippen LogP contribution in [-0.4, -0.2) is 40.2 Å². The van der Waals surface area contributed by atoms with Crippen LogP contribution in [0.2, 0.25) is 0 Å². The van der Waals surface area contributed by atoms with Crippen molar-refractivity contribution in [2.45, 2.75) is 32.4 Å². The molecule has 0 fully saturated rings. The number of hydrogen-bond acceptors (Lipinski definition) is 3. The van der Waals surface area contributed by atoms with Crippen LogP contribution in [0.25, 0.3) is 0 Å². The number of aromatic nitrogens is 1. The van der Waals surface area contributed by atoms with E-state index in [1.165, 1.54) is 10.6 Å². The number of rotatable bonds is 6. The van der Waals surface area contributed by atoms with Gasteiger partial charge in [-0.25, -0.2) is 0 Å². The highest BCUT2D eigenvalue weighted by molar-refractivity contribution is 5.75. The Hall–Kier alpha value is -1.62. The highest BCUT2D eigenvalue weighted by Crippen LogP contribution is 1.98. The van der Waals surface area contributed by atoms with Crippen LogP contribution in [0.5, 0.6) is 0 Å². The van der Waals surface area contributed by atoms with E-state index in [2.05, 4.69) is 0 Å². The molecule has 0 saturated heterocycles. The van der Waals surface area contributed by atoms with Gasteiger partial charge in [-0.2, -0.15) is 0 Å². The number of amides is 1. The van der Waals surface area contributed by atoms with Crippen LogP contribution >= 0.6 is 0 Å². The second-order valence-corrected chi connectivity index (χ2v) is 4.44. The number of aliphatic hydroxyl groups excluding tert-OH is 1. The van der Waals surface area contributed by atoms with Gasteiger partial charge >= 0.3 is 0 Å². The van der Waals surface area contributed by atoms with E-state index in [4.69, 9.17) is 5.11 Å². The summed E-state index contributed by atoms with van der Waals surface area (Å²) in [5, 5.41) is 9.14. The minimum absolute atomic E-state index is 0.0218. The molecular weight excluding hydrogens is 232 g/mol. The molecule has 5 heteroatoms. The Morgan fingerprint density at radius 1 is 1.50 bits per heavy atom. The lowest BCUT2D eigenvalue weighted by Crippen LogP contribution is -2.31. The molecule has 100 valence electrons. The summed E-state index contributed by atoms with van der Waals surface area (Å²) in [5.41, 5.74) is -0.100. The highest BCUT2D eigenvalue weighted by atomic mass is 16.3. The molecule has 0 saturated carbocycles. The molecule has 0 bridgehead atoms. The molecule has 0 radical (unpaired) electrons. The average molecular weight is 252 g/mol. The van der Waals surface area contributed by atoms with Gasteiger partial charge in [0.25, 0.3) is 5.56 Å². The minimum atomic E-state index is -0.406. The number of hydrogen-bond donors (Lipinski definition) is 1. The van der Waals surface area contributed by atoms with Gasteiger partial charge in [0.15, 0.2) is 0 Å². The number of carbonyl (C=O) groups is 1. The maximum Gasteiger partial charge on any atom is 0.250 e. The molecule has 1 rings (SSSR count). The van der Waals surface area contributed by atoms with E-state index >= 15 is 0 Å². The third kappa shape index (κ3) is 4.71. The predicted octanol–water partition coefficient (Wildman–Crippen LogP) is 0.468. The fourth-order valence-corrected chi connectivity index (χ4v) is 1.56. The molecule has 0 aliphatic rings. The quantitative estimate of drug-likeness (QED) is 0.800. The number of pyridine rings is 1. The molecule has 1 aromatic heterocycles. The monoisotopic (exact) mass is 252 g/mol. The fourth-order valence-electron chi connectivity index (χ4n) is 1.56. The molecule has 1 amide bonds. The highest BCUT2D eigenvalue weighted by Gasteiger charge is 2.09. The zero-order valence-corrected chi connectivity index (χ0v) is 10.9. The maximum absolute atomic E-state index is 11.8. The first-order valence-electron chi connectivity index (χ1n) is 6.08. The number of nitrogens with zero attached hydrogens (tertiary/aromatic N) is 2. The van der Waals surface area contributed by atoms with Crippen LogP contribution in [0.3, 0.4) is 0 Å². The third-order valence-electron chi connectivity index (χ3n) is 2.77. The van der Waals surface area contributed by atoms with Crippen molar-refractivity contribution in [3.8, 4) is 0 Å². The summed E-state index contributed by atoms with van der Waals surface area (Å²) in [4.78, 5) is 24.8. The summed E-state index contributed by atoms with van der Waals surface area (Å²) in [6.07, 6.45) is 2.12. The van der Waals surface area contributed by atoms with E-state index in [1.54, 1.807) is 37.2 Å². The fraction of sp³-hybridized carbons (Fsp3) is 0.538. The van der Waals surface area contributed by atoms with Gasteiger partial charge < -0.3 is 14.6 Å². The number of carbonyl (C=O) groups excluding carboxylic acids is 1. The minimum Gasteiger partial charge on any atom is -0.393 e. The Morgan fingerprint density at radius 2 is 2.22 bits per heavy atom. The summed E-state index contributed by atoms with van der Waals surface area (Å²) in [6.45, 7) is 2.61. The second-order valence-electron chi connectivity index (χ2n) is 4.44. The van der Waals surface area contributed by atoms with Crippen LogP contribution in [-0.2, 0) is 11.3 Å². The van der Waals surface area contributed by atoms with Crippen molar-refractivity contribution in [2.75, 3.05) is 13.6 Å². The standard InChI is InChI=1S/C13H20N2O3/c1-11(16)6-9-14(2)12(17)7-10-15-8-4-3-5-13(15)18/h3-5,8,11,16H,6-7,9-10H2,1-2H3. The van der Waals surface area contributed by atoms with Gasteiger partial charge in [-0.1, -0.05) is 6.07 Å².